The Labute approximate surface area is 183 Å². The van der Waals surface area contributed by atoms with Gasteiger partial charge in [0.05, 0.1) is 11.1 Å². The summed E-state index contributed by atoms with van der Waals surface area (Å²) in [5, 5.41) is 1.39. The van der Waals surface area contributed by atoms with Gasteiger partial charge in [0, 0.05) is 30.7 Å². The quantitative estimate of drug-likeness (QED) is 0.442. The van der Waals surface area contributed by atoms with Gasteiger partial charge in [0.15, 0.2) is 0 Å². The fourth-order valence-electron chi connectivity index (χ4n) is 5.21. The molecule has 2 aromatic carbocycles. The summed E-state index contributed by atoms with van der Waals surface area (Å²) in [6.45, 7) is 3.77. The Hall–Kier alpha value is -2.92. The van der Waals surface area contributed by atoms with Crippen LogP contribution in [-0.4, -0.2) is 52.4 Å². The maximum atomic E-state index is 12.5. The Morgan fingerprint density at radius 3 is 2.16 bits per heavy atom. The average molecular weight is 416 g/mol. The van der Waals surface area contributed by atoms with E-state index in [0.717, 1.165) is 32.5 Å². The highest BCUT2D eigenvalue weighted by atomic mass is 16.2. The molecule has 2 aliphatic heterocycles. The van der Waals surface area contributed by atoms with E-state index in [1.807, 2.05) is 12.1 Å². The van der Waals surface area contributed by atoms with Crippen LogP contribution in [0.25, 0.3) is 10.9 Å². The van der Waals surface area contributed by atoms with Crippen LogP contribution in [0.2, 0.25) is 0 Å². The number of likely N-dealkylation sites (tertiary alicyclic amines) is 1. The first-order valence-electron chi connectivity index (χ1n) is 11.3. The minimum absolute atomic E-state index is 0.142. The predicted molar refractivity (Wildman–Crippen MR) is 122 cm³/mol. The van der Waals surface area contributed by atoms with Crippen molar-refractivity contribution in [2.45, 2.75) is 31.6 Å². The van der Waals surface area contributed by atoms with Crippen LogP contribution in [0.15, 0.2) is 54.7 Å². The molecule has 0 spiro atoms. The average Bonchev–Trinajstić information content (AvgIpc) is 3.27. The molecule has 1 aromatic heterocycles. The molecule has 5 heteroatoms. The molecule has 3 heterocycles. The van der Waals surface area contributed by atoms with Crippen molar-refractivity contribution in [2.75, 3.05) is 26.2 Å². The fourth-order valence-corrected chi connectivity index (χ4v) is 5.21. The molecular formula is C26H29N3O2. The van der Waals surface area contributed by atoms with Gasteiger partial charge in [0.1, 0.15) is 0 Å². The summed E-state index contributed by atoms with van der Waals surface area (Å²) in [6.07, 6.45) is 6.55. The molecule has 31 heavy (non-hydrogen) atoms. The Morgan fingerprint density at radius 2 is 1.45 bits per heavy atom. The lowest BCUT2D eigenvalue weighted by Gasteiger charge is -2.32. The summed E-state index contributed by atoms with van der Waals surface area (Å²) in [5.41, 5.74) is 3.89. The lowest BCUT2D eigenvalue weighted by molar-refractivity contribution is 0.0649. The first-order valence-corrected chi connectivity index (χ1v) is 11.3. The molecule has 0 aliphatic carbocycles. The number of aryl methyl sites for hydroxylation is 1. The molecule has 2 aliphatic rings. The van der Waals surface area contributed by atoms with Crippen molar-refractivity contribution < 1.29 is 9.59 Å². The summed E-state index contributed by atoms with van der Waals surface area (Å²) >= 11 is 0. The fraction of sp³-hybridized carbons (Fsp3) is 0.385. The smallest absolute Gasteiger partial charge is 0.261 e. The van der Waals surface area contributed by atoms with E-state index in [0.29, 0.717) is 23.6 Å². The molecule has 0 saturated carbocycles. The second-order valence-electron chi connectivity index (χ2n) is 8.84. The molecule has 1 fully saturated rings. The molecule has 160 valence electrons. The van der Waals surface area contributed by atoms with Crippen molar-refractivity contribution >= 4 is 22.7 Å². The third-order valence-corrected chi connectivity index (χ3v) is 6.94. The summed E-state index contributed by atoms with van der Waals surface area (Å²) in [6, 6.07) is 15.8. The minimum Gasteiger partial charge on any atom is -0.350 e. The zero-order valence-corrected chi connectivity index (χ0v) is 18.1. The summed E-state index contributed by atoms with van der Waals surface area (Å²) < 4.78 is 2.25. The number of nitrogens with zero attached hydrogens (tertiary/aromatic N) is 3. The van der Waals surface area contributed by atoms with E-state index in [-0.39, 0.29) is 11.8 Å². The van der Waals surface area contributed by atoms with E-state index in [9.17, 15) is 9.59 Å². The van der Waals surface area contributed by atoms with E-state index in [2.05, 4.69) is 47.0 Å². The molecule has 0 atom stereocenters. The van der Waals surface area contributed by atoms with E-state index < -0.39 is 0 Å². The molecule has 1 saturated heterocycles. The predicted octanol–water partition coefficient (Wildman–Crippen LogP) is 4.43. The number of carbonyl (C=O) groups is 2. The lowest BCUT2D eigenvalue weighted by Crippen LogP contribution is -2.34. The normalized spacial score (nSPS) is 17.6. The van der Waals surface area contributed by atoms with E-state index in [1.54, 1.807) is 12.1 Å². The number of rotatable bonds is 6. The Bertz CT molecular complexity index is 1090. The minimum atomic E-state index is -0.142. The monoisotopic (exact) mass is 415 g/mol. The van der Waals surface area contributed by atoms with Crippen LogP contribution in [0.1, 0.15) is 57.9 Å². The second-order valence-corrected chi connectivity index (χ2v) is 8.84. The van der Waals surface area contributed by atoms with Crippen LogP contribution < -0.4 is 0 Å². The Balaban J connectivity index is 1.10. The van der Waals surface area contributed by atoms with Crippen LogP contribution in [-0.2, 0) is 7.05 Å². The highest BCUT2D eigenvalue weighted by molar-refractivity contribution is 6.21. The zero-order chi connectivity index (χ0) is 21.4. The third-order valence-electron chi connectivity index (χ3n) is 6.94. The topological polar surface area (TPSA) is 45.5 Å². The van der Waals surface area contributed by atoms with Gasteiger partial charge < -0.3 is 9.47 Å². The van der Waals surface area contributed by atoms with Crippen molar-refractivity contribution in [3.8, 4) is 0 Å². The maximum absolute atomic E-state index is 12.5. The number of fused-ring (bicyclic) bond motifs is 2. The molecule has 5 nitrogen and oxygen atoms in total. The third kappa shape index (κ3) is 3.68. The van der Waals surface area contributed by atoms with Crippen molar-refractivity contribution in [3.63, 3.8) is 0 Å². The lowest BCUT2D eigenvalue weighted by atomic mass is 9.89. The number of aromatic nitrogens is 1. The Kier molecular flexibility index (Phi) is 5.36. The summed E-state index contributed by atoms with van der Waals surface area (Å²) in [4.78, 5) is 28.9. The second kappa shape index (κ2) is 8.31. The molecular weight excluding hydrogens is 386 g/mol. The highest BCUT2D eigenvalue weighted by Crippen LogP contribution is 2.34. The molecule has 2 amide bonds. The molecule has 0 unspecified atom stereocenters. The van der Waals surface area contributed by atoms with Crippen LogP contribution in [0.4, 0.5) is 0 Å². The van der Waals surface area contributed by atoms with Gasteiger partial charge in [-0.1, -0.05) is 30.3 Å². The van der Waals surface area contributed by atoms with Gasteiger partial charge in [-0.3, -0.25) is 14.5 Å². The van der Waals surface area contributed by atoms with Crippen LogP contribution in [0.5, 0.6) is 0 Å². The number of hydrogen-bond donors (Lipinski definition) is 0. The number of piperidine rings is 1. The molecule has 0 N–H and O–H groups in total. The van der Waals surface area contributed by atoms with Crippen molar-refractivity contribution in [2.24, 2.45) is 7.05 Å². The van der Waals surface area contributed by atoms with Gasteiger partial charge in [-0.2, -0.15) is 0 Å². The van der Waals surface area contributed by atoms with E-state index >= 15 is 0 Å². The van der Waals surface area contributed by atoms with E-state index in [1.165, 1.54) is 34.2 Å². The number of imide groups is 1. The van der Waals surface area contributed by atoms with Crippen molar-refractivity contribution in [3.05, 3.63) is 71.4 Å². The molecule has 0 bridgehead atoms. The van der Waals surface area contributed by atoms with Gasteiger partial charge >= 0.3 is 0 Å². The SMILES string of the molecule is Cn1cc(C2CCN(CCCCN3C(=O)c4ccccc4C3=O)CC2)c2ccccc21. The number of unbranched alkanes of at least 4 members (excludes halogenated alkanes) is 1. The van der Waals surface area contributed by atoms with Crippen molar-refractivity contribution in [1.29, 1.82) is 0 Å². The Morgan fingerprint density at radius 1 is 0.839 bits per heavy atom. The summed E-state index contributed by atoms with van der Waals surface area (Å²) in [5.74, 6) is 0.341. The number of para-hydroxylation sites is 1. The number of hydrogen-bond acceptors (Lipinski definition) is 3. The standard InChI is InChI=1S/C26H29N3O2/c1-27-18-23(20-8-4-5-11-24(20)27)19-12-16-28(17-13-19)14-6-7-15-29-25(30)21-9-2-3-10-22(21)26(29)31/h2-5,8-11,18-19H,6-7,12-17H2,1H3. The maximum Gasteiger partial charge on any atom is 0.261 e. The zero-order valence-electron chi connectivity index (χ0n) is 18.1. The number of amides is 2. The first kappa shape index (κ1) is 20.0. The first-order chi connectivity index (χ1) is 15.1. The molecule has 5 rings (SSSR count). The molecule has 0 radical (unpaired) electrons. The summed E-state index contributed by atoms with van der Waals surface area (Å²) in [7, 11) is 2.13. The van der Waals surface area contributed by atoms with Gasteiger partial charge in [-0.25, -0.2) is 0 Å². The largest absolute Gasteiger partial charge is 0.350 e. The van der Waals surface area contributed by atoms with Crippen LogP contribution in [0, 0.1) is 0 Å². The molecule has 3 aromatic rings. The van der Waals surface area contributed by atoms with E-state index in [4.69, 9.17) is 0 Å². The van der Waals surface area contributed by atoms with Crippen LogP contribution in [0.3, 0.4) is 0 Å². The van der Waals surface area contributed by atoms with Gasteiger partial charge in [0.2, 0.25) is 0 Å². The van der Waals surface area contributed by atoms with Crippen molar-refractivity contribution in [1.82, 2.24) is 14.4 Å². The highest BCUT2D eigenvalue weighted by Gasteiger charge is 2.34. The number of benzene rings is 2. The van der Waals surface area contributed by atoms with Gasteiger partial charge in [0.25, 0.3) is 11.8 Å². The number of carbonyl (C=O) groups excluding carboxylic acids is 2. The van der Waals surface area contributed by atoms with Gasteiger partial charge in [-0.05, 0) is 75.0 Å². The van der Waals surface area contributed by atoms with Gasteiger partial charge in [-0.15, -0.1) is 0 Å². The van der Waals surface area contributed by atoms with Crippen LogP contribution >= 0.6 is 0 Å².